The molecule has 6 rings (SSSR count). The zero-order chi connectivity index (χ0) is 31.2. The number of nitrogens with zero attached hydrogens (tertiary/aromatic N) is 3. The van der Waals surface area contributed by atoms with E-state index in [1.54, 1.807) is 24.4 Å². The van der Waals surface area contributed by atoms with Crippen molar-refractivity contribution in [1.82, 2.24) is 10.3 Å². The van der Waals surface area contributed by atoms with E-state index >= 15 is 0 Å². The number of oxazole rings is 1. The number of anilines is 2. The third kappa shape index (κ3) is 5.52. The number of nitrogens with one attached hydrogen (secondary N) is 1. The van der Waals surface area contributed by atoms with Gasteiger partial charge in [-0.05, 0) is 73.0 Å². The summed E-state index contributed by atoms with van der Waals surface area (Å²) in [5.41, 5.74) is 2.94. The maximum Gasteiger partial charge on any atom is 0.297 e. The molecule has 0 radical (unpaired) electrons. The van der Waals surface area contributed by atoms with Gasteiger partial charge in [0.1, 0.15) is 23.0 Å². The molecule has 0 bridgehead atoms. The van der Waals surface area contributed by atoms with E-state index in [2.05, 4.69) is 10.3 Å². The molecule has 12 heteroatoms. The van der Waals surface area contributed by atoms with Gasteiger partial charge in [0.05, 0.1) is 23.7 Å². The zero-order valence-electron chi connectivity index (χ0n) is 24.3. The topological polar surface area (TPSA) is 109 Å². The first kappa shape index (κ1) is 29.4. The second-order valence-corrected chi connectivity index (χ2v) is 12.8. The lowest BCUT2D eigenvalue weighted by Gasteiger charge is -2.34. The van der Waals surface area contributed by atoms with Gasteiger partial charge in [0, 0.05) is 55.7 Å². The van der Waals surface area contributed by atoms with E-state index in [0.717, 1.165) is 24.7 Å². The molecule has 0 spiro atoms. The van der Waals surface area contributed by atoms with Gasteiger partial charge >= 0.3 is 0 Å². The predicted octanol–water partition coefficient (Wildman–Crippen LogP) is 6.17. The summed E-state index contributed by atoms with van der Waals surface area (Å²) in [6, 6.07) is 15.4. The Bertz CT molecular complexity index is 1950. The highest BCUT2D eigenvalue weighted by molar-refractivity contribution is 7.92. The van der Waals surface area contributed by atoms with Gasteiger partial charge in [-0.25, -0.2) is 22.2 Å². The van der Waals surface area contributed by atoms with Gasteiger partial charge in [-0.1, -0.05) is 0 Å². The van der Waals surface area contributed by atoms with Crippen molar-refractivity contribution in [2.75, 3.05) is 42.6 Å². The second kappa shape index (κ2) is 11.4. The molecule has 0 aliphatic carbocycles. The Morgan fingerprint density at radius 1 is 1.02 bits per heavy atom. The maximum atomic E-state index is 13.7. The molecule has 1 aliphatic rings. The second-order valence-electron chi connectivity index (χ2n) is 10.8. The molecule has 44 heavy (non-hydrogen) atoms. The lowest BCUT2D eigenvalue weighted by atomic mass is 9.88. The third-order valence-corrected chi connectivity index (χ3v) is 9.18. The van der Waals surface area contributed by atoms with Crippen LogP contribution in [0.15, 0.2) is 75.7 Å². The molecule has 5 aromatic rings. The van der Waals surface area contributed by atoms with Gasteiger partial charge in [-0.15, -0.1) is 0 Å². The van der Waals surface area contributed by atoms with Crippen LogP contribution >= 0.6 is 0 Å². The van der Waals surface area contributed by atoms with Crippen molar-refractivity contribution in [3.63, 3.8) is 0 Å². The first-order valence-electron chi connectivity index (χ1n) is 14.0. The van der Waals surface area contributed by atoms with Crippen LogP contribution in [0.2, 0.25) is 0 Å². The summed E-state index contributed by atoms with van der Waals surface area (Å²) in [7, 11) is -0.672. The number of piperidine rings is 1. The maximum absolute atomic E-state index is 13.7. The lowest BCUT2D eigenvalue weighted by molar-refractivity contribution is 0.0964. The fraction of sp³-hybridized carbons (Fsp3) is 0.250. The molecule has 228 valence electrons. The summed E-state index contributed by atoms with van der Waals surface area (Å²) in [6.07, 6.45) is 4.24. The number of hydrogen-bond donors (Lipinski definition) is 1. The van der Waals surface area contributed by atoms with Gasteiger partial charge < -0.3 is 19.1 Å². The van der Waals surface area contributed by atoms with Gasteiger partial charge in [0.15, 0.2) is 5.76 Å². The van der Waals surface area contributed by atoms with Crippen molar-refractivity contribution in [3.05, 3.63) is 89.6 Å². The average Bonchev–Trinajstić information content (AvgIpc) is 3.65. The van der Waals surface area contributed by atoms with E-state index in [1.807, 2.05) is 11.0 Å². The average molecular weight is 621 g/mol. The summed E-state index contributed by atoms with van der Waals surface area (Å²) in [5.74, 6) is -0.567. The van der Waals surface area contributed by atoms with Crippen molar-refractivity contribution >= 4 is 38.6 Å². The fourth-order valence-corrected chi connectivity index (χ4v) is 6.16. The Morgan fingerprint density at radius 2 is 1.68 bits per heavy atom. The van der Waals surface area contributed by atoms with Gasteiger partial charge in [-0.2, -0.15) is 0 Å². The molecular formula is C32H30F2N4O5S. The third-order valence-electron chi connectivity index (χ3n) is 7.99. The highest BCUT2D eigenvalue weighted by atomic mass is 32.2. The largest absolute Gasteiger partial charge is 0.455 e. The Labute approximate surface area is 253 Å². The van der Waals surface area contributed by atoms with Crippen LogP contribution < -0.4 is 14.5 Å². The van der Waals surface area contributed by atoms with Crippen LogP contribution in [-0.2, 0) is 10.0 Å². The Balaban J connectivity index is 1.44. The van der Waals surface area contributed by atoms with Crippen LogP contribution in [0, 0.1) is 11.6 Å². The summed E-state index contributed by atoms with van der Waals surface area (Å²) in [4.78, 5) is 19.7. The van der Waals surface area contributed by atoms with E-state index in [1.165, 1.54) is 54.8 Å². The fourth-order valence-electron chi connectivity index (χ4n) is 5.65. The smallest absolute Gasteiger partial charge is 0.297 e. The minimum absolute atomic E-state index is 0.157. The number of carbonyl (C=O) groups is 1. The molecule has 3 heterocycles. The van der Waals surface area contributed by atoms with Crippen LogP contribution in [0.25, 0.3) is 33.6 Å². The monoisotopic (exact) mass is 620 g/mol. The molecule has 0 unspecified atom stereocenters. The van der Waals surface area contributed by atoms with E-state index in [4.69, 9.17) is 8.83 Å². The molecule has 1 fully saturated rings. The Kier molecular flexibility index (Phi) is 7.62. The van der Waals surface area contributed by atoms with E-state index in [0.29, 0.717) is 52.6 Å². The number of sulfonamides is 1. The number of hydrogen-bond acceptors (Lipinski definition) is 7. The molecule has 2 aromatic heterocycles. The molecule has 0 saturated carbocycles. The van der Waals surface area contributed by atoms with Crippen LogP contribution in [0.1, 0.15) is 34.7 Å². The van der Waals surface area contributed by atoms with Crippen LogP contribution in [-0.4, -0.2) is 52.7 Å². The lowest BCUT2D eigenvalue weighted by Crippen LogP contribution is -2.35. The summed E-state index contributed by atoms with van der Waals surface area (Å²) >= 11 is 0. The molecule has 1 saturated heterocycles. The molecule has 3 aromatic carbocycles. The van der Waals surface area contributed by atoms with Crippen molar-refractivity contribution in [2.24, 2.45) is 0 Å². The number of amides is 1. The van der Waals surface area contributed by atoms with Crippen LogP contribution in [0.4, 0.5) is 20.5 Å². The van der Waals surface area contributed by atoms with Crippen molar-refractivity contribution in [2.45, 2.75) is 18.8 Å². The Morgan fingerprint density at radius 3 is 2.32 bits per heavy atom. The number of fused-ring (bicyclic) bond motifs is 1. The summed E-state index contributed by atoms with van der Waals surface area (Å²) in [5, 5.41) is 3.17. The Hall–Kier alpha value is -4.71. The van der Waals surface area contributed by atoms with Crippen LogP contribution in [0.5, 0.6) is 0 Å². The first-order valence-corrected chi connectivity index (χ1v) is 15.9. The van der Waals surface area contributed by atoms with Crippen molar-refractivity contribution in [1.29, 1.82) is 0 Å². The molecule has 9 nitrogen and oxygen atoms in total. The number of furan rings is 1. The van der Waals surface area contributed by atoms with E-state index in [9.17, 15) is 22.0 Å². The minimum Gasteiger partial charge on any atom is -0.455 e. The normalized spacial score (nSPS) is 15.5. The highest BCUT2D eigenvalue weighted by Gasteiger charge is 2.31. The molecule has 1 aliphatic heterocycles. The molecule has 1 N–H and O–H groups in total. The molecule has 1 atom stereocenters. The number of benzene rings is 3. The summed E-state index contributed by atoms with van der Waals surface area (Å²) in [6.45, 7) is 1.14. The number of halogens is 2. The molecule has 1 amide bonds. The van der Waals surface area contributed by atoms with Crippen LogP contribution in [0.3, 0.4) is 0 Å². The van der Waals surface area contributed by atoms with Gasteiger partial charge in [0.25, 0.3) is 11.9 Å². The van der Waals surface area contributed by atoms with E-state index < -0.39 is 21.7 Å². The zero-order valence-corrected chi connectivity index (χ0v) is 25.1. The molecular weight excluding hydrogens is 590 g/mol. The first-order chi connectivity index (χ1) is 21.0. The van der Waals surface area contributed by atoms with Crippen molar-refractivity contribution < 1.29 is 30.8 Å². The standard InChI is InChI=1S/C32H30F2N4O5S/c1-35-31(39)29-25-15-24(21-5-4-14-38(18-21)32-36-17-28(43-32)19-6-10-22(33)11-7-19)26(37(2)44(3,40)41)16-27(25)42-30(29)20-8-12-23(34)13-9-20/h6-13,15-17,21H,4-5,14,18H2,1-3H3,(H,35,39)/t21-/m0/s1. The predicted molar refractivity (Wildman–Crippen MR) is 164 cm³/mol. The SMILES string of the molecule is CNC(=O)c1c(-c2ccc(F)cc2)oc2cc(N(C)S(C)(=O)=O)c([C@H]3CCCN(c4ncc(-c5ccc(F)cc5)o4)C3)cc12. The highest BCUT2D eigenvalue weighted by Crippen LogP contribution is 2.42. The summed E-state index contributed by atoms with van der Waals surface area (Å²) < 4.78 is 66.1. The number of aromatic nitrogens is 1. The van der Waals surface area contributed by atoms with Crippen molar-refractivity contribution in [3.8, 4) is 22.6 Å². The van der Waals surface area contributed by atoms with Gasteiger partial charge in [-0.3, -0.25) is 9.10 Å². The van der Waals surface area contributed by atoms with E-state index in [-0.39, 0.29) is 23.1 Å². The quantitative estimate of drug-likeness (QED) is 0.232. The minimum atomic E-state index is -3.66. The number of rotatable bonds is 7. The van der Waals surface area contributed by atoms with Gasteiger partial charge in [0.2, 0.25) is 10.0 Å². The number of carbonyl (C=O) groups excluding carboxylic acids is 1.